The van der Waals surface area contributed by atoms with E-state index in [-0.39, 0.29) is 40.9 Å². The molecule has 1 aromatic rings. The van der Waals surface area contributed by atoms with Crippen molar-refractivity contribution in [3.8, 4) is 17.6 Å². The van der Waals surface area contributed by atoms with Crippen molar-refractivity contribution in [3.05, 3.63) is 46.6 Å². The number of allylic oxidation sites excluding steroid dienone is 2. The van der Waals surface area contributed by atoms with Crippen molar-refractivity contribution in [1.29, 1.82) is 5.26 Å². The number of nitrogens with two attached hydrogens (primary N) is 1. The summed E-state index contributed by atoms with van der Waals surface area (Å²) in [5, 5.41) is 9.51. The molecule has 7 nitrogen and oxygen atoms in total. The first-order valence-corrected chi connectivity index (χ1v) is 7.92. The minimum Gasteiger partial charge on any atom is -0.493 e. The summed E-state index contributed by atoms with van der Waals surface area (Å²) in [6.45, 7) is 0.247. The van der Waals surface area contributed by atoms with Crippen LogP contribution < -0.4 is 15.2 Å². The first-order chi connectivity index (χ1) is 12.8. The van der Waals surface area contributed by atoms with E-state index in [0.29, 0.717) is 5.56 Å². The zero-order valence-electron chi connectivity index (χ0n) is 14.9. The number of methoxy groups -OCH3 is 1. The molecule has 0 bridgehead atoms. The van der Waals surface area contributed by atoms with Gasteiger partial charge in [0.1, 0.15) is 17.4 Å². The molecular weight excluding hydrogens is 362 g/mol. The highest BCUT2D eigenvalue weighted by molar-refractivity contribution is 5.92. The van der Waals surface area contributed by atoms with Crippen molar-refractivity contribution in [1.82, 2.24) is 0 Å². The molecule has 0 aliphatic carbocycles. The lowest BCUT2D eigenvalue weighted by molar-refractivity contribution is -0.139. The Labute approximate surface area is 154 Å². The molecule has 1 heterocycles. The predicted octanol–water partition coefficient (Wildman–Crippen LogP) is 2.94. The van der Waals surface area contributed by atoms with E-state index < -0.39 is 18.5 Å². The molecule has 9 heteroatoms. The summed E-state index contributed by atoms with van der Waals surface area (Å²) in [5.74, 6) is -1.72. The number of hydrogen-bond acceptors (Lipinski definition) is 7. The first kappa shape index (κ1) is 20.0. The third-order valence-corrected chi connectivity index (χ3v) is 3.84. The summed E-state index contributed by atoms with van der Waals surface area (Å²) in [4.78, 5) is 12.4. The number of carbonyl (C=O) groups is 1. The van der Waals surface area contributed by atoms with E-state index in [1.165, 1.54) is 32.2 Å². The zero-order chi connectivity index (χ0) is 20.1. The predicted molar refractivity (Wildman–Crippen MR) is 89.6 cm³/mol. The van der Waals surface area contributed by atoms with Gasteiger partial charge >= 0.3 is 12.6 Å². The Morgan fingerprint density at radius 2 is 2.11 bits per heavy atom. The number of esters is 1. The normalized spacial score (nSPS) is 16.7. The fraction of sp³-hybridized carbons (Fsp3) is 0.333. The van der Waals surface area contributed by atoms with Gasteiger partial charge in [0.15, 0.2) is 11.5 Å². The maximum atomic E-state index is 12.5. The Morgan fingerprint density at radius 3 is 2.67 bits per heavy atom. The van der Waals surface area contributed by atoms with Crippen LogP contribution in [0.3, 0.4) is 0 Å². The van der Waals surface area contributed by atoms with Gasteiger partial charge in [-0.2, -0.15) is 14.0 Å². The van der Waals surface area contributed by atoms with Gasteiger partial charge in [0, 0.05) is 0 Å². The smallest absolute Gasteiger partial charge is 0.387 e. The van der Waals surface area contributed by atoms with Crippen LogP contribution in [0.4, 0.5) is 8.78 Å². The number of carbonyl (C=O) groups excluding carboxylic acids is 1. The molecule has 0 saturated carbocycles. The summed E-state index contributed by atoms with van der Waals surface area (Å²) in [6.07, 6.45) is 0. The number of nitriles is 1. The Bertz CT molecular complexity index is 843. The maximum Gasteiger partial charge on any atom is 0.387 e. The van der Waals surface area contributed by atoms with Crippen LogP contribution in [0.2, 0.25) is 0 Å². The molecule has 0 aromatic heterocycles. The summed E-state index contributed by atoms with van der Waals surface area (Å²) in [7, 11) is 1.28. The van der Waals surface area contributed by atoms with E-state index >= 15 is 0 Å². The van der Waals surface area contributed by atoms with Crippen LogP contribution in [-0.4, -0.2) is 26.3 Å². The highest BCUT2D eigenvalue weighted by Crippen LogP contribution is 2.42. The lowest BCUT2D eigenvalue weighted by atomic mass is 9.83. The summed E-state index contributed by atoms with van der Waals surface area (Å²) in [6, 6.07) is 6.02. The van der Waals surface area contributed by atoms with Gasteiger partial charge in [-0.3, -0.25) is 0 Å². The SMILES string of the molecule is CCOC(=O)C1=C(C)OC(N)=C(C#N)C1c1ccc(OC(F)F)c(OC)c1. The largest absolute Gasteiger partial charge is 0.493 e. The van der Waals surface area contributed by atoms with Crippen LogP contribution in [0.25, 0.3) is 0 Å². The topological polar surface area (TPSA) is 104 Å². The van der Waals surface area contributed by atoms with Crippen LogP contribution >= 0.6 is 0 Å². The van der Waals surface area contributed by atoms with Crippen LogP contribution in [0, 0.1) is 11.3 Å². The van der Waals surface area contributed by atoms with E-state index in [4.69, 9.17) is 19.9 Å². The van der Waals surface area contributed by atoms with Gasteiger partial charge < -0.3 is 24.7 Å². The molecule has 1 aromatic carbocycles. The van der Waals surface area contributed by atoms with Crippen molar-refractivity contribution in [3.63, 3.8) is 0 Å². The van der Waals surface area contributed by atoms with Crippen molar-refractivity contribution in [2.75, 3.05) is 13.7 Å². The second-order valence-corrected chi connectivity index (χ2v) is 5.40. The van der Waals surface area contributed by atoms with Gasteiger partial charge in [-0.05, 0) is 31.5 Å². The number of rotatable bonds is 6. The minimum absolute atomic E-state index is 0.00626. The lowest BCUT2D eigenvalue weighted by Crippen LogP contribution is -2.25. The van der Waals surface area contributed by atoms with Crippen LogP contribution in [0.1, 0.15) is 25.3 Å². The molecule has 1 aliphatic rings. The molecule has 0 saturated heterocycles. The fourth-order valence-electron chi connectivity index (χ4n) is 2.75. The molecule has 1 aliphatic heterocycles. The third-order valence-electron chi connectivity index (χ3n) is 3.84. The molecular formula is C18H18F2N2O5. The summed E-state index contributed by atoms with van der Waals surface area (Å²) in [5.41, 5.74) is 6.29. The number of halogens is 2. The number of hydrogen-bond donors (Lipinski definition) is 1. The molecule has 0 spiro atoms. The van der Waals surface area contributed by atoms with Gasteiger partial charge in [0.25, 0.3) is 0 Å². The number of benzene rings is 1. The number of ether oxygens (including phenoxy) is 4. The third kappa shape index (κ3) is 4.11. The van der Waals surface area contributed by atoms with Gasteiger partial charge in [0.05, 0.1) is 25.2 Å². The Morgan fingerprint density at radius 1 is 1.41 bits per heavy atom. The number of alkyl halides is 2. The standard InChI is InChI=1S/C18H18F2N2O5/c1-4-25-17(23)14-9(2)26-16(22)11(8-21)15(14)10-5-6-12(27-18(19)20)13(7-10)24-3/h5-7,15,18H,4,22H2,1-3H3. The van der Waals surface area contributed by atoms with Crippen LogP contribution in [-0.2, 0) is 14.3 Å². The summed E-state index contributed by atoms with van der Waals surface area (Å²) >= 11 is 0. The van der Waals surface area contributed by atoms with Gasteiger partial charge in [-0.25, -0.2) is 4.79 Å². The molecule has 0 radical (unpaired) electrons. The van der Waals surface area contributed by atoms with Crippen molar-refractivity contribution < 1.29 is 32.5 Å². The van der Waals surface area contributed by atoms with E-state index in [9.17, 15) is 18.8 Å². The Hall–Kier alpha value is -3.28. The second kappa shape index (κ2) is 8.40. The fourth-order valence-corrected chi connectivity index (χ4v) is 2.75. The zero-order valence-corrected chi connectivity index (χ0v) is 14.9. The molecule has 2 N–H and O–H groups in total. The molecule has 144 valence electrons. The highest BCUT2D eigenvalue weighted by atomic mass is 19.3. The second-order valence-electron chi connectivity index (χ2n) is 5.40. The molecule has 0 amide bonds. The molecule has 27 heavy (non-hydrogen) atoms. The van der Waals surface area contributed by atoms with Crippen molar-refractivity contribution in [2.24, 2.45) is 5.73 Å². The monoisotopic (exact) mass is 380 g/mol. The van der Waals surface area contributed by atoms with E-state index in [0.717, 1.165) is 0 Å². The molecule has 1 atom stereocenters. The molecule has 2 rings (SSSR count). The number of nitrogens with zero attached hydrogens (tertiary/aromatic N) is 1. The minimum atomic E-state index is -3.03. The van der Waals surface area contributed by atoms with Crippen molar-refractivity contribution in [2.45, 2.75) is 26.4 Å². The van der Waals surface area contributed by atoms with Gasteiger partial charge in [-0.15, -0.1) is 0 Å². The average molecular weight is 380 g/mol. The van der Waals surface area contributed by atoms with Gasteiger partial charge in [-0.1, -0.05) is 6.07 Å². The first-order valence-electron chi connectivity index (χ1n) is 7.92. The Kier molecular flexibility index (Phi) is 6.23. The quantitative estimate of drug-likeness (QED) is 0.757. The van der Waals surface area contributed by atoms with E-state index in [1.54, 1.807) is 6.92 Å². The average Bonchev–Trinajstić information content (AvgIpc) is 2.61. The van der Waals surface area contributed by atoms with Crippen LogP contribution in [0.5, 0.6) is 11.5 Å². The Balaban J connectivity index is 2.61. The maximum absolute atomic E-state index is 12.5. The van der Waals surface area contributed by atoms with E-state index in [1.807, 2.05) is 6.07 Å². The highest BCUT2D eigenvalue weighted by Gasteiger charge is 2.36. The van der Waals surface area contributed by atoms with Crippen molar-refractivity contribution >= 4 is 5.97 Å². The van der Waals surface area contributed by atoms with Crippen LogP contribution in [0.15, 0.2) is 41.0 Å². The summed E-state index contributed by atoms with van der Waals surface area (Å²) < 4.78 is 44.9. The molecule has 1 unspecified atom stereocenters. The lowest BCUT2D eigenvalue weighted by Gasteiger charge is -2.27. The van der Waals surface area contributed by atoms with E-state index in [2.05, 4.69) is 4.74 Å². The van der Waals surface area contributed by atoms with Gasteiger partial charge in [0.2, 0.25) is 5.88 Å². The molecule has 0 fully saturated rings.